The van der Waals surface area contributed by atoms with Gasteiger partial charge in [0.1, 0.15) is 10.3 Å². The Hall–Kier alpha value is -1.52. The molecule has 1 aliphatic heterocycles. The van der Waals surface area contributed by atoms with Crippen molar-refractivity contribution >= 4 is 66.1 Å². The topological polar surface area (TPSA) is 79.4 Å². The molecule has 0 spiro atoms. The van der Waals surface area contributed by atoms with Gasteiger partial charge in [-0.15, -0.1) is 22.7 Å². The van der Waals surface area contributed by atoms with Crippen LogP contribution in [0.1, 0.15) is 17.8 Å². The minimum absolute atomic E-state index is 0.159. The molecule has 3 aromatic rings. The summed E-state index contributed by atoms with van der Waals surface area (Å²) in [4.78, 5) is 17.2. The summed E-state index contributed by atoms with van der Waals surface area (Å²) in [5, 5.41) is 3.80. The molecule has 1 saturated heterocycles. The summed E-state index contributed by atoms with van der Waals surface area (Å²) in [6.45, 7) is 2.25. The van der Waals surface area contributed by atoms with Crippen molar-refractivity contribution in [1.82, 2.24) is 9.29 Å². The molecule has 1 atom stereocenters. The van der Waals surface area contributed by atoms with Crippen LogP contribution in [0.4, 0.5) is 5.69 Å². The fourth-order valence-corrected chi connectivity index (χ4v) is 7.26. The number of thiazole rings is 1. The number of thiophene rings is 1. The van der Waals surface area contributed by atoms with Gasteiger partial charge in [0.2, 0.25) is 5.91 Å². The maximum atomic E-state index is 12.9. The number of anilines is 1. The van der Waals surface area contributed by atoms with Crippen molar-refractivity contribution in [3.8, 4) is 0 Å². The molecule has 1 fully saturated rings. The number of aromatic nitrogens is 1. The van der Waals surface area contributed by atoms with Gasteiger partial charge in [0.15, 0.2) is 0 Å². The highest BCUT2D eigenvalue weighted by Crippen LogP contribution is 2.33. The van der Waals surface area contributed by atoms with Crippen LogP contribution < -0.4 is 5.32 Å². The van der Waals surface area contributed by atoms with Crippen molar-refractivity contribution in [3.05, 3.63) is 39.7 Å². The minimum Gasteiger partial charge on any atom is -0.325 e. The molecule has 0 radical (unpaired) electrons. The van der Waals surface area contributed by atoms with Crippen LogP contribution in [0.3, 0.4) is 0 Å². The predicted molar refractivity (Wildman–Crippen MR) is 109 cm³/mol. The van der Waals surface area contributed by atoms with Crippen molar-refractivity contribution < 1.29 is 13.2 Å². The molecular formula is C17H16ClN3O3S3. The minimum atomic E-state index is -3.74. The van der Waals surface area contributed by atoms with Gasteiger partial charge < -0.3 is 5.32 Å². The van der Waals surface area contributed by atoms with Gasteiger partial charge in [0, 0.05) is 12.2 Å². The lowest BCUT2D eigenvalue weighted by atomic mass is 10.2. The third-order valence-electron chi connectivity index (χ3n) is 4.38. The molecule has 1 amide bonds. The van der Waals surface area contributed by atoms with Crippen LogP contribution in [-0.2, 0) is 14.8 Å². The molecule has 6 nitrogen and oxygen atoms in total. The summed E-state index contributed by atoms with van der Waals surface area (Å²) in [7, 11) is -3.74. The number of nitrogens with one attached hydrogen (secondary N) is 1. The average molecular weight is 442 g/mol. The van der Waals surface area contributed by atoms with Gasteiger partial charge in [-0.3, -0.25) is 4.79 Å². The molecule has 27 heavy (non-hydrogen) atoms. The number of hydrogen-bond acceptors (Lipinski definition) is 6. The van der Waals surface area contributed by atoms with Gasteiger partial charge in [-0.2, -0.15) is 4.31 Å². The molecule has 0 aliphatic carbocycles. The number of aryl methyl sites for hydroxylation is 1. The molecule has 1 N–H and O–H groups in total. The first-order valence-electron chi connectivity index (χ1n) is 8.30. The lowest BCUT2D eigenvalue weighted by molar-refractivity contribution is -0.119. The Morgan fingerprint density at radius 2 is 2.11 bits per heavy atom. The van der Waals surface area contributed by atoms with Gasteiger partial charge >= 0.3 is 0 Å². The molecular weight excluding hydrogens is 426 g/mol. The highest BCUT2D eigenvalue weighted by atomic mass is 35.5. The smallest absolute Gasteiger partial charge is 0.253 e. The SMILES string of the molecule is Cc1nc2cc(NC(=O)[C@H]3CCCN3S(=O)(=O)c3ccc(Cl)s3)ccc2s1. The third-order valence-corrected chi connectivity index (χ3v) is 8.94. The first-order valence-corrected chi connectivity index (χ1v) is 11.7. The molecule has 4 rings (SSSR count). The molecule has 0 saturated carbocycles. The summed E-state index contributed by atoms with van der Waals surface area (Å²) < 4.78 is 28.6. The van der Waals surface area contributed by atoms with E-state index in [0.717, 1.165) is 26.6 Å². The normalized spacial score (nSPS) is 18.2. The molecule has 1 aromatic carbocycles. The lowest BCUT2D eigenvalue weighted by Crippen LogP contribution is -2.42. The van der Waals surface area contributed by atoms with Crippen LogP contribution in [0.15, 0.2) is 34.5 Å². The fourth-order valence-electron chi connectivity index (χ4n) is 3.19. The number of rotatable bonds is 4. The fraction of sp³-hybridized carbons (Fsp3) is 0.294. The van der Waals surface area contributed by atoms with E-state index in [9.17, 15) is 13.2 Å². The number of amides is 1. The highest BCUT2D eigenvalue weighted by molar-refractivity contribution is 7.91. The first kappa shape index (κ1) is 18.8. The standard InChI is InChI=1S/C17H16ClN3O3S3/c1-10-19-12-9-11(4-5-14(12)25-10)20-17(22)13-3-2-8-21(13)27(23,24)16-7-6-15(18)26-16/h4-7,9,13H,2-3,8H2,1H3,(H,20,22)/t13-/m1/s1. The molecule has 2 aromatic heterocycles. The van der Waals surface area contributed by atoms with E-state index < -0.39 is 16.1 Å². The molecule has 0 bridgehead atoms. The van der Waals surface area contributed by atoms with Crippen molar-refractivity contribution in [1.29, 1.82) is 0 Å². The Bertz CT molecular complexity index is 1120. The summed E-state index contributed by atoms with van der Waals surface area (Å²) in [5.74, 6) is -0.329. The zero-order valence-electron chi connectivity index (χ0n) is 14.3. The Morgan fingerprint density at radius 1 is 1.30 bits per heavy atom. The monoisotopic (exact) mass is 441 g/mol. The predicted octanol–water partition coefficient (Wildman–Crippen LogP) is 4.11. The van der Waals surface area contributed by atoms with Gasteiger partial charge in [-0.25, -0.2) is 13.4 Å². The average Bonchev–Trinajstić information content (AvgIpc) is 3.32. The number of sulfonamides is 1. The Kier molecular flexibility index (Phi) is 4.98. The number of hydrogen-bond donors (Lipinski definition) is 1. The lowest BCUT2D eigenvalue weighted by Gasteiger charge is -2.22. The Balaban J connectivity index is 1.56. The first-order chi connectivity index (χ1) is 12.8. The number of benzene rings is 1. The Labute approximate surface area is 169 Å². The molecule has 10 heteroatoms. The summed E-state index contributed by atoms with van der Waals surface area (Å²) >= 11 is 8.47. The van der Waals surface area contributed by atoms with Crippen LogP contribution in [0.25, 0.3) is 10.2 Å². The largest absolute Gasteiger partial charge is 0.325 e. The highest BCUT2D eigenvalue weighted by Gasteiger charge is 2.40. The van der Waals surface area contributed by atoms with Crippen molar-refractivity contribution in [2.75, 3.05) is 11.9 Å². The second kappa shape index (κ2) is 7.14. The van der Waals surface area contributed by atoms with Crippen LogP contribution >= 0.6 is 34.3 Å². The van der Waals surface area contributed by atoms with E-state index in [1.165, 1.54) is 10.4 Å². The number of halogens is 1. The second-order valence-electron chi connectivity index (χ2n) is 6.24. The van der Waals surface area contributed by atoms with Crippen molar-refractivity contribution in [3.63, 3.8) is 0 Å². The summed E-state index contributed by atoms with van der Waals surface area (Å²) in [6, 6.07) is 7.83. The van der Waals surface area contributed by atoms with Gasteiger partial charge in [-0.1, -0.05) is 11.6 Å². The van der Waals surface area contributed by atoms with E-state index in [1.807, 2.05) is 25.1 Å². The van der Waals surface area contributed by atoms with Gasteiger partial charge in [0.25, 0.3) is 10.0 Å². The van der Waals surface area contributed by atoms with Crippen LogP contribution in [-0.4, -0.2) is 36.2 Å². The second-order valence-corrected chi connectivity index (χ2v) is 11.3. The molecule has 142 valence electrons. The number of fused-ring (bicyclic) bond motifs is 1. The van der Waals surface area contributed by atoms with Gasteiger partial charge in [0.05, 0.1) is 19.6 Å². The maximum absolute atomic E-state index is 12.9. The van der Waals surface area contributed by atoms with E-state index in [2.05, 4.69) is 10.3 Å². The molecule has 1 aliphatic rings. The van der Waals surface area contributed by atoms with Gasteiger partial charge in [-0.05, 0) is 50.1 Å². The van der Waals surface area contributed by atoms with Crippen LogP contribution in [0, 0.1) is 6.92 Å². The quantitative estimate of drug-likeness (QED) is 0.660. The zero-order chi connectivity index (χ0) is 19.2. The maximum Gasteiger partial charge on any atom is 0.253 e. The number of carbonyl (C=O) groups excluding carboxylic acids is 1. The van der Waals surface area contributed by atoms with E-state index >= 15 is 0 Å². The van der Waals surface area contributed by atoms with E-state index in [1.54, 1.807) is 17.4 Å². The van der Waals surface area contributed by atoms with E-state index in [-0.39, 0.29) is 10.1 Å². The summed E-state index contributed by atoms with van der Waals surface area (Å²) in [6.07, 6.45) is 1.13. The molecule has 0 unspecified atom stereocenters. The molecule has 3 heterocycles. The van der Waals surface area contributed by atoms with Crippen LogP contribution in [0.5, 0.6) is 0 Å². The van der Waals surface area contributed by atoms with Crippen molar-refractivity contribution in [2.45, 2.75) is 30.0 Å². The number of nitrogens with zero attached hydrogens (tertiary/aromatic N) is 2. The van der Waals surface area contributed by atoms with E-state index in [4.69, 9.17) is 11.6 Å². The number of carbonyl (C=O) groups is 1. The summed E-state index contributed by atoms with van der Waals surface area (Å²) in [5.41, 5.74) is 1.43. The third kappa shape index (κ3) is 3.62. The zero-order valence-corrected chi connectivity index (χ0v) is 17.5. The van der Waals surface area contributed by atoms with Crippen molar-refractivity contribution in [2.24, 2.45) is 0 Å². The van der Waals surface area contributed by atoms with Crippen LogP contribution in [0.2, 0.25) is 4.34 Å². The Morgan fingerprint density at radius 3 is 2.85 bits per heavy atom. The van der Waals surface area contributed by atoms with E-state index in [0.29, 0.717) is 29.4 Å².